The van der Waals surface area contributed by atoms with Gasteiger partial charge >= 0.3 is 12.4 Å². The molecule has 3 amide bonds. The molecule has 1 fully saturated rings. The summed E-state index contributed by atoms with van der Waals surface area (Å²) in [6.45, 7) is 0.802. The van der Waals surface area contributed by atoms with E-state index < -0.39 is 6.36 Å². The average molecular weight is 427 g/mol. The average Bonchev–Trinajstić information content (AvgIpc) is 3.19. The summed E-state index contributed by atoms with van der Waals surface area (Å²) in [7, 11) is 0. The van der Waals surface area contributed by atoms with Crippen LogP contribution in [0.15, 0.2) is 41.8 Å². The molecule has 0 spiro atoms. The highest BCUT2D eigenvalue weighted by Gasteiger charge is 2.32. The number of rotatable bonds is 5. The van der Waals surface area contributed by atoms with Crippen molar-refractivity contribution in [3.63, 3.8) is 0 Å². The summed E-state index contributed by atoms with van der Waals surface area (Å²) in [6, 6.07) is 9.14. The van der Waals surface area contributed by atoms with Crippen molar-refractivity contribution in [3.05, 3.63) is 47.3 Å². The minimum Gasteiger partial charge on any atom is -0.405 e. The van der Waals surface area contributed by atoms with Crippen LogP contribution in [-0.2, 0) is 11.3 Å². The molecule has 0 radical (unpaired) electrons. The lowest BCUT2D eigenvalue weighted by atomic mass is 9.96. The summed E-state index contributed by atoms with van der Waals surface area (Å²) >= 11 is 1.43. The van der Waals surface area contributed by atoms with E-state index in [1.807, 2.05) is 17.5 Å². The Morgan fingerprint density at radius 3 is 2.52 bits per heavy atom. The fourth-order valence-electron chi connectivity index (χ4n) is 3.08. The Kier molecular flexibility index (Phi) is 6.63. The number of nitrogens with one attached hydrogen (secondary N) is 2. The van der Waals surface area contributed by atoms with E-state index in [1.54, 1.807) is 11.0 Å². The normalized spacial score (nSPS) is 15.1. The largest absolute Gasteiger partial charge is 0.573 e. The Morgan fingerprint density at radius 2 is 1.86 bits per heavy atom. The third-order valence-electron chi connectivity index (χ3n) is 4.56. The molecule has 156 valence electrons. The van der Waals surface area contributed by atoms with E-state index in [0.717, 1.165) is 5.00 Å². The van der Waals surface area contributed by atoms with Crippen LogP contribution in [0.3, 0.4) is 0 Å². The maximum atomic E-state index is 12.5. The van der Waals surface area contributed by atoms with Crippen molar-refractivity contribution in [3.8, 4) is 5.75 Å². The van der Waals surface area contributed by atoms with Crippen LogP contribution in [0.25, 0.3) is 0 Å². The number of amides is 3. The molecule has 2 heterocycles. The Balaban J connectivity index is 1.47. The molecule has 3 rings (SSSR count). The van der Waals surface area contributed by atoms with Crippen LogP contribution in [0.5, 0.6) is 5.75 Å². The molecular formula is C19H20F3N3O3S. The van der Waals surface area contributed by atoms with Crippen LogP contribution in [-0.4, -0.2) is 36.3 Å². The number of halogens is 3. The van der Waals surface area contributed by atoms with Gasteiger partial charge in [-0.3, -0.25) is 10.1 Å². The zero-order valence-corrected chi connectivity index (χ0v) is 16.2. The lowest BCUT2D eigenvalue weighted by Crippen LogP contribution is -2.44. The number of carbonyl (C=O) groups excluding carboxylic acids is 2. The quantitative estimate of drug-likeness (QED) is 0.751. The van der Waals surface area contributed by atoms with Crippen molar-refractivity contribution >= 4 is 28.3 Å². The van der Waals surface area contributed by atoms with E-state index in [2.05, 4.69) is 15.4 Å². The topological polar surface area (TPSA) is 70.7 Å². The summed E-state index contributed by atoms with van der Waals surface area (Å²) in [5.41, 5.74) is 0.242. The summed E-state index contributed by atoms with van der Waals surface area (Å²) in [5.74, 6) is -0.873. The maximum absolute atomic E-state index is 12.5. The van der Waals surface area contributed by atoms with Crippen molar-refractivity contribution in [2.45, 2.75) is 25.7 Å². The van der Waals surface area contributed by atoms with Gasteiger partial charge in [0.05, 0.1) is 5.00 Å². The molecule has 1 aliphatic rings. The van der Waals surface area contributed by atoms with Crippen molar-refractivity contribution in [2.24, 2.45) is 5.92 Å². The third-order valence-corrected chi connectivity index (χ3v) is 5.34. The van der Waals surface area contributed by atoms with E-state index in [9.17, 15) is 22.8 Å². The number of anilines is 1. The smallest absolute Gasteiger partial charge is 0.405 e. The predicted octanol–water partition coefficient (Wildman–Crippen LogP) is 4.21. The first-order chi connectivity index (χ1) is 13.8. The predicted molar refractivity (Wildman–Crippen MR) is 103 cm³/mol. The second-order valence-corrected chi connectivity index (χ2v) is 7.49. The number of benzene rings is 1. The second kappa shape index (κ2) is 9.17. The molecule has 0 unspecified atom stereocenters. The monoisotopic (exact) mass is 427 g/mol. The fourth-order valence-corrected chi connectivity index (χ4v) is 3.69. The minimum atomic E-state index is -4.80. The highest BCUT2D eigenvalue weighted by molar-refractivity contribution is 7.14. The number of piperidine rings is 1. The van der Waals surface area contributed by atoms with Crippen molar-refractivity contribution in [2.75, 3.05) is 18.4 Å². The first kappa shape index (κ1) is 21.0. The summed E-state index contributed by atoms with van der Waals surface area (Å²) in [5, 5.41) is 8.10. The molecule has 1 aromatic heterocycles. The van der Waals surface area contributed by atoms with Crippen molar-refractivity contribution in [1.82, 2.24) is 10.2 Å². The zero-order chi connectivity index (χ0) is 20.9. The van der Waals surface area contributed by atoms with Gasteiger partial charge in [-0.25, -0.2) is 4.79 Å². The van der Waals surface area contributed by atoms with Gasteiger partial charge in [0.2, 0.25) is 5.91 Å². The molecule has 6 nitrogen and oxygen atoms in total. The third kappa shape index (κ3) is 6.11. The van der Waals surface area contributed by atoms with Crippen LogP contribution >= 0.6 is 11.3 Å². The SMILES string of the molecule is O=C(NCc1ccccc1OC(F)(F)F)C1CCN(C(=O)Nc2cccs2)CC1. The van der Waals surface area contributed by atoms with Gasteiger partial charge in [-0.1, -0.05) is 18.2 Å². The molecule has 0 aliphatic carbocycles. The van der Waals surface area contributed by atoms with Gasteiger partial charge in [-0.15, -0.1) is 24.5 Å². The number of para-hydroxylation sites is 1. The molecule has 10 heteroatoms. The Hall–Kier alpha value is -2.75. The Morgan fingerprint density at radius 1 is 1.14 bits per heavy atom. The number of likely N-dealkylation sites (tertiary alicyclic amines) is 1. The molecule has 2 N–H and O–H groups in total. The van der Waals surface area contributed by atoms with Crippen LogP contribution in [0.1, 0.15) is 18.4 Å². The Labute approximate surface area is 169 Å². The zero-order valence-electron chi connectivity index (χ0n) is 15.4. The van der Waals surface area contributed by atoms with Gasteiger partial charge in [0.15, 0.2) is 0 Å². The number of carbonyl (C=O) groups is 2. The minimum absolute atomic E-state index is 0.0653. The molecular weight excluding hydrogens is 407 g/mol. The van der Waals surface area contributed by atoms with Crippen molar-refractivity contribution in [1.29, 1.82) is 0 Å². The van der Waals surface area contributed by atoms with E-state index in [-0.39, 0.29) is 35.7 Å². The number of ether oxygens (including phenoxy) is 1. The number of alkyl halides is 3. The molecule has 29 heavy (non-hydrogen) atoms. The number of thiophene rings is 1. The highest BCUT2D eigenvalue weighted by Crippen LogP contribution is 2.26. The van der Waals surface area contributed by atoms with E-state index in [1.165, 1.54) is 29.5 Å². The Bertz CT molecular complexity index is 835. The molecule has 0 bridgehead atoms. The molecule has 2 aromatic rings. The van der Waals surface area contributed by atoms with E-state index in [0.29, 0.717) is 25.9 Å². The summed E-state index contributed by atoms with van der Waals surface area (Å²) in [6.07, 6.45) is -3.81. The number of hydrogen-bond acceptors (Lipinski definition) is 4. The number of hydrogen-bond donors (Lipinski definition) is 2. The summed E-state index contributed by atoms with van der Waals surface area (Å²) < 4.78 is 41.4. The fraction of sp³-hybridized carbons (Fsp3) is 0.368. The van der Waals surface area contributed by atoms with Gasteiger partial charge in [0.25, 0.3) is 0 Å². The first-order valence-electron chi connectivity index (χ1n) is 9.02. The number of urea groups is 1. The van der Waals surface area contributed by atoms with Gasteiger partial charge in [-0.2, -0.15) is 0 Å². The molecule has 1 aliphatic heterocycles. The standard InChI is InChI=1S/C19H20F3N3O3S/c20-19(21,22)28-15-5-2-1-4-14(15)12-23-17(26)13-7-9-25(10-8-13)18(27)24-16-6-3-11-29-16/h1-6,11,13H,7-10,12H2,(H,23,26)(H,24,27). The van der Waals surface area contributed by atoms with Gasteiger partial charge in [0, 0.05) is 31.1 Å². The lowest BCUT2D eigenvalue weighted by molar-refractivity contribution is -0.274. The second-order valence-electron chi connectivity index (χ2n) is 6.54. The van der Waals surface area contributed by atoms with Crippen LogP contribution in [0.4, 0.5) is 23.0 Å². The molecule has 1 aromatic carbocycles. The highest BCUT2D eigenvalue weighted by atomic mass is 32.1. The first-order valence-corrected chi connectivity index (χ1v) is 9.90. The van der Waals surface area contributed by atoms with Crippen molar-refractivity contribution < 1.29 is 27.5 Å². The lowest BCUT2D eigenvalue weighted by Gasteiger charge is -2.31. The maximum Gasteiger partial charge on any atom is 0.573 e. The van der Waals surface area contributed by atoms with Crippen LogP contribution in [0.2, 0.25) is 0 Å². The molecule has 1 saturated heterocycles. The van der Waals surface area contributed by atoms with Crippen LogP contribution < -0.4 is 15.4 Å². The van der Waals surface area contributed by atoms with E-state index in [4.69, 9.17) is 0 Å². The molecule has 0 atom stereocenters. The van der Waals surface area contributed by atoms with Gasteiger partial charge in [0.1, 0.15) is 5.75 Å². The number of nitrogens with zero attached hydrogens (tertiary/aromatic N) is 1. The van der Waals surface area contributed by atoms with Gasteiger partial charge in [-0.05, 0) is 36.4 Å². The van der Waals surface area contributed by atoms with Crippen LogP contribution in [0, 0.1) is 5.92 Å². The van der Waals surface area contributed by atoms with Gasteiger partial charge < -0.3 is 15.0 Å². The summed E-state index contributed by atoms with van der Waals surface area (Å²) in [4.78, 5) is 26.3. The molecule has 0 saturated carbocycles. The van der Waals surface area contributed by atoms with E-state index >= 15 is 0 Å².